The molecule has 0 aliphatic rings. The van der Waals surface area contributed by atoms with Gasteiger partial charge >= 0.3 is 0 Å². The van der Waals surface area contributed by atoms with Crippen LogP contribution in [0.15, 0.2) is 46.5 Å². The number of amides is 1. The number of anilines is 1. The lowest BCUT2D eigenvalue weighted by molar-refractivity contribution is -0.113. The van der Waals surface area contributed by atoms with Gasteiger partial charge in [-0.05, 0) is 66.1 Å². The van der Waals surface area contributed by atoms with Gasteiger partial charge in [0.25, 0.3) is 0 Å². The van der Waals surface area contributed by atoms with Crippen molar-refractivity contribution in [3.05, 3.63) is 53.1 Å². The molecule has 1 amide bonds. The van der Waals surface area contributed by atoms with Crippen LogP contribution in [0.25, 0.3) is 5.69 Å². The van der Waals surface area contributed by atoms with E-state index in [1.54, 1.807) is 30.7 Å². The number of tetrazole rings is 1. The van der Waals surface area contributed by atoms with E-state index in [0.717, 1.165) is 22.4 Å². The molecule has 11 heteroatoms. The highest BCUT2D eigenvalue weighted by molar-refractivity contribution is 7.99. The van der Waals surface area contributed by atoms with Crippen LogP contribution in [0.5, 0.6) is 0 Å². The molecule has 9 nitrogen and oxygen atoms in total. The number of hydrogen-bond donors (Lipinski definition) is 1. The number of rotatable bonds is 9. The van der Waals surface area contributed by atoms with Crippen LogP contribution in [0.4, 0.5) is 5.69 Å². The second kappa shape index (κ2) is 10.4. The fraction of sp³-hybridized carbons (Fsp3) is 0.364. The molecular formula is C22H28N6O3S2. The molecule has 176 valence electrons. The van der Waals surface area contributed by atoms with Gasteiger partial charge in [-0.15, -0.1) is 5.10 Å². The van der Waals surface area contributed by atoms with E-state index in [1.165, 1.54) is 22.1 Å². The number of carbonyl (C=O) groups is 1. The minimum atomic E-state index is -3.62. The molecule has 0 bridgehead atoms. The van der Waals surface area contributed by atoms with Crippen LogP contribution in [0, 0.1) is 20.8 Å². The lowest BCUT2D eigenvalue weighted by atomic mass is 10.1. The van der Waals surface area contributed by atoms with Crippen molar-refractivity contribution in [2.45, 2.75) is 44.7 Å². The van der Waals surface area contributed by atoms with Gasteiger partial charge in [0, 0.05) is 18.8 Å². The molecule has 0 radical (unpaired) electrons. The fourth-order valence-electron chi connectivity index (χ4n) is 3.31. The van der Waals surface area contributed by atoms with Gasteiger partial charge in [-0.2, -0.15) is 8.99 Å². The molecule has 3 rings (SSSR count). The van der Waals surface area contributed by atoms with Crippen LogP contribution in [0.1, 0.15) is 30.5 Å². The number of benzene rings is 2. The first kappa shape index (κ1) is 24.9. The van der Waals surface area contributed by atoms with Crippen molar-refractivity contribution in [3.8, 4) is 5.69 Å². The third-order valence-corrected chi connectivity index (χ3v) is 8.37. The molecule has 0 unspecified atom stereocenters. The summed E-state index contributed by atoms with van der Waals surface area (Å²) < 4.78 is 28.7. The molecule has 1 aromatic heterocycles. The largest absolute Gasteiger partial charge is 0.325 e. The number of carbonyl (C=O) groups excluding carboxylic acids is 1. The zero-order chi connectivity index (χ0) is 24.2. The van der Waals surface area contributed by atoms with Crippen LogP contribution < -0.4 is 5.32 Å². The summed E-state index contributed by atoms with van der Waals surface area (Å²) in [6.07, 6.45) is 0. The van der Waals surface area contributed by atoms with E-state index in [1.807, 2.05) is 39.0 Å². The van der Waals surface area contributed by atoms with Gasteiger partial charge in [0.15, 0.2) is 0 Å². The molecule has 0 aliphatic carbocycles. The van der Waals surface area contributed by atoms with E-state index in [-0.39, 0.29) is 16.6 Å². The van der Waals surface area contributed by atoms with Crippen LogP contribution in [0.3, 0.4) is 0 Å². The maximum Gasteiger partial charge on any atom is 0.243 e. The second-order valence-electron chi connectivity index (χ2n) is 7.50. The molecule has 0 saturated carbocycles. The number of aromatic nitrogens is 4. The number of hydrogen-bond acceptors (Lipinski definition) is 7. The zero-order valence-electron chi connectivity index (χ0n) is 19.4. The molecular weight excluding hydrogens is 460 g/mol. The number of nitrogens with zero attached hydrogens (tertiary/aromatic N) is 5. The summed E-state index contributed by atoms with van der Waals surface area (Å²) in [5, 5.41) is 15.2. The molecule has 0 aliphatic heterocycles. The normalized spacial score (nSPS) is 11.7. The third kappa shape index (κ3) is 5.43. The van der Waals surface area contributed by atoms with Crippen molar-refractivity contribution in [3.63, 3.8) is 0 Å². The third-order valence-electron chi connectivity index (χ3n) is 5.40. The molecule has 3 aromatic rings. The molecule has 0 atom stereocenters. The van der Waals surface area contributed by atoms with Crippen molar-refractivity contribution in [2.75, 3.05) is 24.2 Å². The lowest BCUT2D eigenvalue weighted by Gasteiger charge is -2.19. The van der Waals surface area contributed by atoms with E-state index in [2.05, 4.69) is 20.8 Å². The second-order valence-corrected chi connectivity index (χ2v) is 10.4. The summed E-state index contributed by atoms with van der Waals surface area (Å²) in [7, 11) is -3.62. The standard InChI is InChI=1S/C22H28N6O3S2/c1-6-27(7-2)33(30,31)18-12-11-16(4)19(13-18)23-21(29)14-32-22-24-25-26-28(22)20-10-8-9-15(3)17(20)5/h8-13H,6-7,14H2,1-5H3,(H,23,29). The van der Waals surface area contributed by atoms with Crippen LogP contribution in [-0.2, 0) is 14.8 Å². The van der Waals surface area contributed by atoms with Crippen LogP contribution >= 0.6 is 11.8 Å². The predicted molar refractivity (Wildman–Crippen MR) is 129 cm³/mol. The molecule has 1 N–H and O–H groups in total. The fourth-order valence-corrected chi connectivity index (χ4v) is 5.48. The van der Waals surface area contributed by atoms with Crippen molar-refractivity contribution in [2.24, 2.45) is 0 Å². The Morgan fingerprint density at radius 3 is 2.52 bits per heavy atom. The Morgan fingerprint density at radius 1 is 1.09 bits per heavy atom. The van der Waals surface area contributed by atoms with Gasteiger partial charge < -0.3 is 5.32 Å². The van der Waals surface area contributed by atoms with Gasteiger partial charge in [-0.25, -0.2) is 8.42 Å². The predicted octanol–water partition coefficient (Wildman–Crippen LogP) is 3.35. The monoisotopic (exact) mass is 488 g/mol. The van der Waals surface area contributed by atoms with Gasteiger partial charge in [0.2, 0.25) is 21.1 Å². The van der Waals surface area contributed by atoms with Gasteiger partial charge in [0.1, 0.15) is 0 Å². The zero-order valence-corrected chi connectivity index (χ0v) is 21.0. The molecule has 0 spiro atoms. The summed E-state index contributed by atoms with van der Waals surface area (Å²) in [6.45, 7) is 10.2. The van der Waals surface area contributed by atoms with E-state index in [0.29, 0.717) is 23.9 Å². The highest BCUT2D eigenvalue weighted by Crippen LogP contribution is 2.25. The van der Waals surface area contributed by atoms with Gasteiger partial charge in [-0.1, -0.05) is 43.8 Å². The van der Waals surface area contributed by atoms with E-state index >= 15 is 0 Å². The number of aryl methyl sites for hydroxylation is 2. The van der Waals surface area contributed by atoms with Crippen molar-refractivity contribution in [1.29, 1.82) is 0 Å². The maximum absolute atomic E-state index is 12.8. The number of thioether (sulfide) groups is 1. The maximum atomic E-state index is 12.8. The summed E-state index contributed by atoms with van der Waals surface area (Å²) >= 11 is 1.21. The molecule has 0 saturated heterocycles. The van der Waals surface area contributed by atoms with Crippen LogP contribution in [-0.4, -0.2) is 57.7 Å². The summed E-state index contributed by atoms with van der Waals surface area (Å²) in [4.78, 5) is 12.8. The number of nitrogens with one attached hydrogen (secondary N) is 1. The Kier molecular flexibility index (Phi) is 7.88. The smallest absolute Gasteiger partial charge is 0.243 e. The summed E-state index contributed by atoms with van der Waals surface area (Å²) in [5.41, 5.74) is 4.26. The highest BCUT2D eigenvalue weighted by atomic mass is 32.2. The molecule has 33 heavy (non-hydrogen) atoms. The Morgan fingerprint density at radius 2 is 1.82 bits per heavy atom. The van der Waals surface area contributed by atoms with Gasteiger partial charge in [-0.3, -0.25) is 4.79 Å². The first-order valence-electron chi connectivity index (χ1n) is 10.6. The molecule has 1 heterocycles. The number of sulfonamides is 1. The van der Waals surface area contributed by atoms with Crippen LogP contribution in [0.2, 0.25) is 0 Å². The van der Waals surface area contributed by atoms with Crippen molar-refractivity contribution >= 4 is 33.4 Å². The van der Waals surface area contributed by atoms with E-state index in [9.17, 15) is 13.2 Å². The average Bonchev–Trinajstić information content (AvgIpc) is 3.24. The Hall–Kier alpha value is -2.76. The quantitative estimate of drug-likeness (QED) is 0.460. The first-order valence-corrected chi connectivity index (χ1v) is 13.0. The Labute approximate surface area is 198 Å². The van der Waals surface area contributed by atoms with Crippen molar-refractivity contribution < 1.29 is 13.2 Å². The first-order chi connectivity index (χ1) is 15.7. The minimum Gasteiger partial charge on any atom is -0.325 e. The summed E-state index contributed by atoms with van der Waals surface area (Å²) in [6, 6.07) is 10.6. The van der Waals surface area contributed by atoms with Crippen molar-refractivity contribution in [1.82, 2.24) is 24.5 Å². The van der Waals surface area contributed by atoms with Gasteiger partial charge in [0.05, 0.1) is 16.3 Å². The Bertz CT molecular complexity index is 1250. The highest BCUT2D eigenvalue weighted by Gasteiger charge is 2.22. The van der Waals surface area contributed by atoms with E-state index < -0.39 is 10.0 Å². The average molecular weight is 489 g/mol. The molecule has 0 fully saturated rings. The Balaban J connectivity index is 1.74. The SMILES string of the molecule is CCN(CC)S(=O)(=O)c1ccc(C)c(NC(=O)CSc2nnnn2-c2cccc(C)c2C)c1. The molecule has 2 aromatic carbocycles. The topological polar surface area (TPSA) is 110 Å². The lowest BCUT2D eigenvalue weighted by Crippen LogP contribution is -2.30. The van der Waals surface area contributed by atoms with E-state index in [4.69, 9.17) is 0 Å². The minimum absolute atomic E-state index is 0.0672. The summed E-state index contributed by atoms with van der Waals surface area (Å²) in [5.74, 6) is -0.214.